The number of benzene rings is 1. The molecule has 7 nitrogen and oxygen atoms in total. The lowest BCUT2D eigenvalue weighted by Crippen LogP contribution is -2.32. The summed E-state index contributed by atoms with van der Waals surface area (Å²) in [4.78, 5) is 37.5. The van der Waals surface area contributed by atoms with E-state index >= 15 is 0 Å². The van der Waals surface area contributed by atoms with E-state index in [1.165, 1.54) is 10.6 Å². The molecule has 32 heavy (non-hydrogen) atoms. The Labute approximate surface area is 191 Å². The van der Waals surface area contributed by atoms with Crippen molar-refractivity contribution in [3.05, 3.63) is 103 Å². The maximum Gasteiger partial charge on any atom is 0.254 e. The second-order valence-electron chi connectivity index (χ2n) is 7.60. The first-order chi connectivity index (χ1) is 15.4. The van der Waals surface area contributed by atoms with Crippen molar-refractivity contribution in [2.24, 2.45) is 0 Å². The highest BCUT2D eigenvalue weighted by atomic mass is 35.5. The molecule has 0 aliphatic heterocycles. The fourth-order valence-corrected chi connectivity index (χ4v) is 3.70. The van der Waals surface area contributed by atoms with Crippen molar-refractivity contribution in [3.8, 4) is 0 Å². The minimum Gasteiger partial charge on any atom is -0.352 e. The van der Waals surface area contributed by atoms with Crippen molar-refractivity contribution in [2.45, 2.75) is 39.5 Å². The summed E-state index contributed by atoms with van der Waals surface area (Å²) >= 11 is 6.11. The van der Waals surface area contributed by atoms with Crippen LogP contribution in [0.5, 0.6) is 0 Å². The van der Waals surface area contributed by atoms with Gasteiger partial charge in [0.15, 0.2) is 0 Å². The third-order valence-electron chi connectivity index (χ3n) is 5.33. The lowest BCUT2D eigenvalue weighted by molar-refractivity contribution is -0.120. The highest BCUT2D eigenvalue weighted by molar-refractivity contribution is 6.30. The topological polar surface area (TPSA) is 85.1 Å². The molecule has 2 heterocycles. The number of aromatic nitrogens is 2. The van der Waals surface area contributed by atoms with Gasteiger partial charge in [0.2, 0.25) is 5.91 Å². The van der Waals surface area contributed by atoms with Crippen molar-refractivity contribution in [1.82, 2.24) is 19.8 Å². The zero-order valence-electron chi connectivity index (χ0n) is 18.2. The number of carbonyl (C=O) groups is 1. The highest BCUT2D eigenvalue weighted by Crippen LogP contribution is 2.16. The van der Waals surface area contributed by atoms with Crippen molar-refractivity contribution in [1.29, 1.82) is 0 Å². The van der Waals surface area contributed by atoms with E-state index in [0.717, 1.165) is 16.7 Å². The molecule has 0 spiro atoms. The van der Waals surface area contributed by atoms with Crippen LogP contribution in [0.15, 0.2) is 64.4 Å². The first-order valence-electron chi connectivity index (χ1n) is 10.4. The van der Waals surface area contributed by atoms with Gasteiger partial charge in [0.1, 0.15) is 0 Å². The van der Waals surface area contributed by atoms with Gasteiger partial charge in [0, 0.05) is 55.2 Å². The number of amides is 1. The number of halogens is 1. The number of nitrogens with one attached hydrogen (secondary N) is 2. The van der Waals surface area contributed by atoms with Gasteiger partial charge in [-0.15, -0.1) is 0 Å². The van der Waals surface area contributed by atoms with Crippen LogP contribution in [0.1, 0.15) is 22.3 Å². The second-order valence-corrected chi connectivity index (χ2v) is 8.04. The fourth-order valence-electron chi connectivity index (χ4n) is 3.50. The molecule has 3 rings (SSSR count). The molecular weight excluding hydrogens is 428 g/mol. The van der Waals surface area contributed by atoms with Gasteiger partial charge in [0.05, 0.1) is 6.42 Å². The molecule has 1 aromatic carbocycles. The number of pyridine rings is 2. The number of hydrogen-bond donors (Lipinski definition) is 2. The van der Waals surface area contributed by atoms with Crippen LogP contribution in [0, 0.1) is 6.92 Å². The van der Waals surface area contributed by atoms with E-state index in [4.69, 9.17) is 11.6 Å². The van der Waals surface area contributed by atoms with Crippen molar-refractivity contribution >= 4 is 17.5 Å². The Morgan fingerprint density at radius 1 is 0.969 bits per heavy atom. The number of hydrogen-bond acceptors (Lipinski definition) is 4. The molecule has 0 saturated carbocycles. The molecule has 168 valence electrons. The summed E-state index contributed by atoms with van der Waals surface area (Å²) in [7, 11) is 1.86. The quantitative estimate of drug-likeness (QED) is 0.519. The Morgan fingerprint density at radius 3 is 2.50 bits per heavy atom. The van der Waals surface area contributed by atoms with Crippen LogP contribution < -0.4 is 21.8 Å². The minimum atomic E-state index is -0.238. The summed E-state index contributed by atoms with van der Waals surface area (Å²) in [5.74, 6) is -0.238. The van der Waals surface area contributed by atoms with Crippen LogP contribution >= 0.6 is 11.6 Å². The molecule has 2 N–H and O–H groups in total. The summed E-state index contributed by atoms with van der Waals surface area (Å²) in [5.41, 5.74) is 2.85. The number of rotatable bonds is 9. The smallest absolute Gasteiger partial charge is 0.254 e. The molecule has 0 aliphatic carbocycles. The summed E-state index contributed by atoms with van der Waals surface area (Å²) in [6.07, 6.45) is 3.37. The molecule has 3 aromatic rings. The molecule has 0 atom stereocenters. The van der Waals surface area contributed by atoms with E-state index in [0.29, 0.717) is 36.8 Å². The maximum absolute atomic E-state index is 13.0. The molecule has 2 aromatic heterocycles. The zero-order valence-corrected chi connectivity index (χ0v) is 19.0. The van der Waals surface area contributed by atoms with Crippen molar-refractivity contribution in [2.75, 3.05) is 7.05 Å². The van der Waals surface area contributed by atoms with Gasteiger partial charge in [-0.1, -0.05) is 23.7 Å². The third-order valence-corrected chi connectivity index (χ3v) is 5.56. The number of aryl methyl sites for hydroxylation is 3. The molecule has 0 saturated heterocycles. The van der Waals surface area contributed by atoms with E-state index in [-0.39, 0.29) is 23.4 Å². The Bertz CT molecular complexity index is 1220. The van der Waals surface area contributed by atoms with E-state index in [1.807, 2.05) is 38.2 Å². The SMILES string of the molecule is CNCc1ccc(Cl)cc1CNC(=O)Cc1c(C)ccn(CCn2ccccc2=O)c1=O. The summed E-state index contributed by atoms with van der Waals surface area (Å²) in [6, 6.07) is 12.3. The average molecular weight is 455 g/mol. The Balaban J connectivity index is 1.69. The van der Waals surface area contributed by atoms with E-state index in [2.05, 4.69) is 10.6 Å². The van der Waals surface area contributed by atoms with E-state index in [9.17, 15) is 14.4 Å². The predicted molar refractivity (Wildman–Crippen MR) is 126 cm³/mol. The average Bonchev–Trinajstić information content (AvgIpc) is 2.77. The first-order valence-corrected chi connectivity index (χ1v) is 10.8. The lowest BCUT2D eigenvalue weighted by atomic mass is 10.1. The van der Waals surface area contributed by atoms with Crippen LogP contribution in [0.3, 0.4) is 0 Å². The molecular formula is C24H27ClN4O3. The minimum absolute atomic E-state index is 0.0152. The highest BCUT2D eigenvalue weighted by Gasteiger charge is 2.13. The normalized spacial score (nSPS) is 10.8. The van der Waals surface area contributed by atoms with Crippen LogP contribution in [-0.4, -0.2) is 22.1 Å². The maximum atomic E-state index is 13.0. The molecule has 0 radical (unpaired) electrons. The Morgan fingerprint density at radius 2 is 1.75 bits per heavy atom. The summed E-state index contributed by atoms with van der Waals surface area (Å²) in [5, 5.41) is 6.60. The van der Waals surface area contributed by atoms with Gasteiger partial charge in [-0.25, -0.2) is 0 Å². The van der Waals surface area contributed by atoms with E-state index < -0.39 is 0 Å². The van der Waals surface area contributed by atoms with Crippen molar-refractivity contribution in [3.63, 3.8) is 0 Å². The van der Waals surface area contributed by atoms with Crippen LogP contribution in [-0.2, 0) is 37.4 Å². The standard InChI is InChI=1S/C24H27ClN4O3/c1-17-8-10-29(12-11-28-9-4-3-5-23(28)31)24(32)21(17)14-22(30)27-16-19-13-20(25)7-6-18(19)15-26-2/h3-10,13,26H,11-12,14-16H2,1-2H3,(H,27,30). The molecule has 1 amide bonds. The predicted octanol–water partition coefficient (Wildman–Crippen LogP) is 2.25. The molecule has 8 heteroatoms. The van der Waals surface area contributed by atoms with Crippen LogP contribution in [0.2, 0.25) is 5.02 Å². The van der Waals surface area contributed by atoms with Gasteiger partial charge >= 0.3 is 0 Å². The second kappa shape index (κ2) is 10.9. The van der Waals surface area contributed by atoms with Gasteiger partial charge in [-0.05, 0) is 54.9 Å². The van der Waals surface area contributed by atoms with E-state index in [1.54, 1.807) is 29.1 Å². The van der Waals surface area contributed by atoms with Gasteiger partial charge < -0.3 is 19.8 Å². The van der Waals surface area contributed by atoms with Gasteiger partial charge in [-0.3, -0.25) is 14.4 Å². The zero-order chi connectivity index (χ0) is 23.1. The fraction of sp³-hybridized carbons (Fsp3) is 0.292. The molecule has 0 unspecified atom stereocenters. The van der Waals surface area contributed by atoms with Gasteiger partial charge in [0.25, 0.3) is 11.1 Å². The monoisotopic (exact) mass is 454 g/mol. The molecule has 0 bridgehead atoms. The lowest BCUT2D eigenvalue weighted by Gasteiger charge is -2.13. The first kappa shape index (κ1) is 23.5. The number of carbonyl (C=O) groups excluding carboxylic acids is 1. The van der Waals surface area contributed by atoms with Crippen LogP contribution in [0.25, 0.3) is 0 Å². The summed E-state index contributed by atoms with van der Waals surface area (Å²) in [6.45, 7) is 3.52. The largest absolute Gasteiger partial charge is 0.352 e. The summed E-state index contributed by atoms with van der Waals surface area (Å²) < 4.78 is 3.09. The molecule has 0 fully saturated rings. The van der Waals surface area contributed by atoms with Gasteiger partial charge in [-0.2, -0.15) is 0 Å². The Kier molecular flexibility index (Phi) is 8.03. The van der Waals surface area contributed by atoms with Crippen molar-refractivity contribution < 1.29 is 4.79 Å². The number of nitrogens with zero attached hydrogens (tertiary/aromatic N) is 2. The molecule has 0 aliphatic rings. The van der Waals surface area contributed by atoms with Crippen LogP contribution in [0.4, 0.5) is 0 Å². The Hall–Kier alpha value is -3.16. The third kappa shape index (κ3) is 5.96.